The Hall–Kier alpha value is -2.04. The Kier molecular flexibility index (Phi) is 6.32. The number of hydrogen-bond acceptors (Lipinski definition) is 3. The van der Waals surface area contributed by atoms with Crippen molar-refractivity contribution in [2.45, 2.75) is 33.5 Å². The summed E-state index contributed by atoms with van der Waals surface area (Å²) in [7, 11) is -0.614. The van der Waals surface area contributed by atoms with E-state index in [0.29, 0.717) is 21.9 Å². The molecule has 0 spiro atoms. The number of benzene rings is 2. The van der Waals surface area contributed by atoms with Crippen LogP contribution in [0.15, 0.2) is 42.5 Å². The van der Waals surface area contributed by atoms with Crippen molar-refractivity contribution in [3.05, 3.63) is 69.7 Å². The van der Waals surface area contributed by atoms with E-state index in [1.54, 1.807) is 12.1 Å². The van der Waals surface area contributed by atoms with Gasteiger partial charge in [-0.05, 0) is 63.3 Å². The minimum absolute atomic E-state index is 0.414. The lowest BCUT2D eigenvalue weighted by Gasteiger charge is -2.25. The lowest BCUT2D eigenvalue weighted by atomic mass is 9.98. The fourth-order valence-corrected chi connectivity index (χ4v) is 3.68. The smallest absolute Gasteiger partial charge is 0.342 e. The van der Waals surface area contributed by atoms with Crippen molar-refractivity contribution in [2.24, 2.45) is 0 Å². The van der Waals surface area contributed by atoms with Crippen molar-refractivity contribution < 1.29 is 14.0 Å². The van der Waals surface area contributed by atoms with Gasteiger partial charge < -0.3 is 9.16 Å². The van der Waals surface area contributed by atoms with Crippen molar-refractivity contribution in [3.63, 3.8) is 0 Å². The highest BCUT2D eigenvalue weighted by atomic mass is 35.5. The van der Waals surface area contributed by atoms with E-state index in [0.717, 1.165) is 16.7 Å². The maximum absolute atomic E-state index is 12.7. The van der Waals surface area contributed by atoms with Gasteiger partial charge in [-0.25, -0.2) is 4.79 Å². The normalized spacial score (nSPS) is 12.4. The molecule has 0 saturated carbocycles. The predicted octanol–water partition coefficient (Wildman–Crippen LogP) is 5.85. The third-order valence-electron chi connectivity index (χ3n) is 3.64. The molecule has 0 aromatic heterocycles. The Morgan fingerprint density at radius 1 is 0.923 bits per heavy atom. The Labute approximate surface area is 161 Å². The molecule has 26 heavy (non-hydrogen) atoms. The lowest BCUT2D eigenvalue weighted by Crippen LogP contribution is -2.26. The molecule has 0 aliphatic heterocycles. The topological polar surface area (TPSA) is 35.5 Å². The Morgan fingerprint density at radius 3 is 1.92 bits per heavy atom. The fourth-order valence-electron chi connectivity index (χ4n) is 2.73. The number of carbonyl (C=O) groups excluding carboxylic acids is 1. The second kappa shape index (κ2) is 8.10. The van der Waals surface area contributed by atoms with Crippen LogP contribution in [0.3, 0.4) is 0 Å². The van der Waals surface area contributed by atoms with Crippen LogP contribution in [-0.4, -0.2) is 21.4 Å². The van der Waals surface area contributed by atoms with E-state index < -0.39 is 14.3 Å². The number of halogens is 1. The first-order valence-electron chi connectivity index (χ1n) is 8.47. The number of hydrogen-bond donors (Lipinski definition) is 0. The first-order chi connectivity index (χ1) is 12.1. The summed E-state index contributed by atoms with van der Waals surface area (Å²) < 4.78 is 11.5. The largest absolute Gasteiger partial charge is 0.543 e. The van der Waals surface area contributed by atoms with E-state index in [-0.39, 0.29) is 0 Å². The van der Waals surface area contributed by atoms with Gasteiger partial charge in [0.1, 0.15) is 11.3 Å². The van der Waals surface area contributed by atoms with Crippen molar-refractivity contribution in [2.75, 3.05) is 7.11 Å². The minimum Gasteiger partial charge on any atom is -0.543 e. The molecule has 3 nitrogen and oxygen atoms in total. The number of esters is 1. The summed E-state index contributed by atoms with van der Waals surface area (Å²) in [4.78, 5) is 12.7. The third kappa shape index (κ3) is 5.23. The van der Waals surface area contributed by atoms with Gasteiger partial charge in [-0.1, -0.05) is 40.9 Å². The lowest BCUT2D eigenvalue weighted by molar-refractivity contribution is -0.133. The first-order valence-corrected chi connectivity index (χ1v) is 12.3. The Balaban J connectivity index is 2.81. The maximum Gasteiger partial charge on any atom is 0.342 e. The van der Waals surface area contributed by atoms with Gasteiger partial charge in [-0.2, -0.15) is 0 Å². The molecular formula is C21H25ClO3Si. The van der Waals surface area contributed by atoms with Gasteiger partial charge in [0.05, 0.1) is 7.11 Å². The highest BCUT2D eigenvalue weighted by Gasteiger charge is 2.26. The van der Waals surface area contributed by atoms with E-state index in [2.05, 4.69) is 25.7 Å². The molecule has 0 radical (unpaired) electrons. The van der Waals surface area contributed by atoms with Crippen molar-refractivity contribution in [1.82, 2.24) is 0 Å². The van der Waals surface area contributed by atoms with Crippen LogP contribution < -0.4 is 0 Å². The van der Waals surface area contributed by atoms with E-state index in [1.165, 1.54) is 7.11 Å². The Bertz CT molecular complexity index is 813. The zero-order chi connectivity index (χ0) is 19.5. The van der Waals surface area contributed by atoms with E-state index in [4.69, 9.17) is 20.8 Å². The maximum atomic E-state index is 12.7. The molecule has 0 amide bonds. The number of ether oxygens (including phenoxy) is 1. The second-order valence-corrected chi connectivity index (χ2v) is 12.2. The summed E-state index contributed by atoms with van der Waals surface area (Å²) in [5, 5.41) is 0.608. The van der Waals surface area contributed by atoms with Gasteiger partial charge in [0.2, 0.25) is 8.32 Å². The molecule has 0 unspecified atom stereocenters. The van der Waals surface area contributed by atoms with Crippen molar-refractivity contribution in [1.29, 1.82) is 0 Å². The van der Waals surface area contributed by atoms with Crippen LogP contribution in [-0.2, 0) is 14.0 Å². The predicted molar refractivity (Wildman–Crippen MR) is 111 cm³/mol. The molecule has 2 rings (SSSR count). The molecular weight excluding hydrogens is 364 g/mol. The summed E-state index contributed by atoms with van der Waals surface area (Å²) in [6.07, 6.45) is 0. The van der Waals surface area contributed by atoms with Crippen LogP contribution in [0.1, 0.15) is 22.3 Å². The molecule has 0 bridgehead atoms. The molecule has 0 fully saturated rings. The first kappa shape index (κ1) is 20.3. The van der Waals surface area contributed by atoms with E-state index in [1.807, 2.05) is 38.1 Å². The molecule has 0 N–H and O–H groups in total. The molecule has 0 atom stereocenters. The molecule has 2 aromatic carbocycles. The Morgan fingerprint density at radius 2 is 1.46 bits per heavy atom. The van der Waals surface area contributed by atoms with E-state index in [9.17, 15) is 4.79 Å². The van der Waals surface area contributed by atoms with Crippen LogP contribution >= 0.6 is 11.6 Å². The van der Waals surface area contributed by atoms with Crippen LogP contribution in [0.4, 0.5) is 0 Å². The van der Waals surface area contributed by atoms with Crippen LogP contribution in [0.5, 0.6) is 0 Å². The fraction of sp³-hybridized carbons (Fsp3) is 0.286. The van der Waals surface area contributed by atoms with Gasteiger partial charge in [0, 0.05) is 10.6 Å². The van der Waals surface area contributed by atoms with Gasteiger partial charge in [-0.15, -0.1) is 0 Å². The SMILES string of the molecule is COC(=O)/C(=C(\O[Si](C)(C)C)c1cc(C)cc(C)c1)c1ccc(Cl)cc1. The monoisotopic (exact) mass is 388 g/mol. The molecule has 0 saturated heterocycles. The zero-order valence-corrected chi connectivity index (χ0v) is 17.9. The second-order valence-electron chi connectivity index (χ2n) is 7.29. The molecule has 138 valence electrons. The quantitative estimate of drug-likeness (QED) is 0.212. The average molecular weight is 389 g/mol. The van der Waals surface area contributed by atoms with Gasteiger partial charge in [0.15, 0.2) is 0 Å². The average Bonchev–Trinajstić information content (AvgIpc) is 2.53. The third-order valence-corrected chi connectivity index (χ3v) is 4.71. The number of carbonyl (C=O) groups is 1. The summed E-state index contributed by atoms with van der Waals surface area (Å²) in [5.41, 5.74) is 4.22. The standard InChI is InChI=1S/C21H25ClO3Si/c1-14-11-15(2)13-17(12-14)20(25-26(4,5)6)19(21(23)24-3)16-7-9-18(22)10-8-16/h7-13H,1-6H3/b20-19-. The zero-order valence-electron chi connectivity index (χ0n) is 16.1. The van der Waals surface area contributed by atoms with Crippen LogP contribution in [0, 0.1) is 13.8 Å². The van der Waals surface area contributed by atoms with Gasteiger partial charge in [0.25, 0.3) is 0 Å². The summed E-state index contributed by atoms with van der Waals surface area (Å²) in [6, 6.07) is 13.3. The highest BCUT2D eigenvalue weighted by Crippen LogP contribution is 2.32. The molecule has 0 aliphatic rings. The number of methoxy groups -OCH3 is 1. The molecule has 5 heteroatoms. The molecule has 0 aliphatic carbocycles. The number of aryl methyl sites for hydroxylation is 2. The molecule has 0 heterocycles. The summed E-state index contributed by atoms with van der Waals surface area (Å²) in [6.45, 7) is 10.3. The summed E-state index contributed by atoms with van der Waals surface area (Å²) in [5.74, 6) is 0.130. The van der Waals surface area contributed by atoms with Crippen molar-refractivity contribution >= 4 is 37.2 Å². The highest BCUT2D eigenvalue weighted by molar-refractivity contribution is 6.70. The van der Waals surface area contributed by atoms with Crippen molar-refractivity contribution in [3.8, 4) is 0 Å². The minimum atomic E-state index is -1.99. The van der Waals surface area contributed by atoms with E-state index >= 15 is 0 Å². The van der Waals surface area contributed by atoms with Gasteiger partial charge >= 0.3 is 5.97 Å². The number of rotatable bonds is 5. The summed E-state index contributed by atoms with van der Waals surface area (Å²) >= 11 is 6.02. The molecule has 2 aromatic rings. The van der Waals surface area contributed by atoms with Gasteiger partial charge in [-0.3, -0.25) is 0 Å². The van der Waals surface area contributed by atoms with Crippen LogP contribution in [0.2, 0.25) is 24.7 Å². The van der Waals surface area contributed by atoms with Crippen LogP contribution in [0.25, 0.3) is 11.3 Å².